The fraction of sp³-hybridized carbons (Fsp3) is 0. The summed E-state index contributed by atoms with van der Waals surface area (Å²) in [4.78, 5) is 0. The maximum absolute atomic E-state index is 13.2. The number of rotatable bonds is 0. The van der Waals surface area contributed by atoms with Gasteiger partial charge in [0, 0.05) is 8.96 Å². The predicted octanol–water partition coefficient (Wildman–Crippen LogP) is 2.94. The van der Waals surface area contributed by atoms with Gasteiger partial charge in [0.2, 0.25) is 0 Å². The molecule has 0 unspecified atom stereocenters. The van der Waals surface area contributed by atoms with E-state index in [1.807, 2.05) is 6.07 Å². The summed E-state index contributed by atoms with van der Waals surface area (Å²) in [5, 5.41) is 4.69. The normalized spacial score (nSPS) is 10.9. The molecule has 1 heterocycles. The quantitative estimate of drug-likeness (QED) is 0.674. The highest BCUT2D eigenvalue weighted by atomic mass is 127. The van der Waals surface area contributed by atoms with Gasteiger partial charge in [-0.25, -0.2) is 4.39 Å². The molecule has 0 N–H and O–H groups in total. The van der Waals surface area contributed by atoms with Gasteiger partial charge < -0.3 is 0 Å². The Morgan fingerprint density at radius 3 is 3.00 bits per heavy atom. The molecule has 12 heavy (non-hydrogen) atoms. The van der Waals surface area contributed by atoms with E-state index in [1.54, 1.807) is 6.20 Å². The van der Waals surface area contributed by atoms with Gasteiger partial charge in [0.25, 0.3) is 0 Å². The molecule has 2 rings (SSSR count). The van der Waals surface area contributed by atoms with E-state index in [-0.39, 0.29) is 5.82 Å². The van der Waals surface area contributed by atoms with Crippen LogP contribution in [0, 0.1) is 9.39 Å². The molecule has 0 spiro atoms. The minimum Gasteiger partial charge on any atom is -0.205 e. The molecule has 62 valence electrons. The molecule has 0 amide bonds. The molecule has 2 nitrogen and oxygen atoms in total. The zero-order chi connectivity index (χ0) is 8.72. The minimum absolute atomic E-state index is 0.258. The SMILES string of the molecule is Fc1cc(I)cc2cnn(Br)c12. The highest BCUT2D eigenvalue weighted by Gasteiger charge is 2.07. The van der Waals surface area contributed by atoms with Gasteiger partial charge in [-0.1, -0.05) is 0 Å². The third kappa shape index (κ3) is 1.24. The van der Waals surface area contributed by atoms with Crippen LogP contribution in [0.15, 0.2) is 18.3 Å². The van der Waals surface area contributed by atoms with Gasteiger partial charge >= 0.3 is 0 Å². The average molecular weight is 341 g/mol. The van der Waals surface area contributed by atoms with Gasteiger partial charge in [-0.2, -0.15) is 8.81 Å². The Morgan fingerprint density at radius 1 is 1.50 bits per heavy atom. The fourth-order valence-corrected chi connectivity index (χ4v) is 2.12. The summed E-state index contributed by atoms with van der Waals surface area (Å²) >= 11 is 5.18. The molecular weight excluding hydrogens is 338 g/mol. The molecule has 0 bridgehead atoms. The van der Waals surface area contributed by atoms with Crippen LogP contribution < -0.4 is 0 Å². The molecular formula is C7H3BrFIN2. The molecule has 5 heteroatoms. The lowest BCUT2D eigenvalue weighted by Crippen LogP contribution is -1.85. The first-order valence-corrected chi connectivity index (χ1v) is 4.96. The molecule has 1 aromatic heterocycles. The van der Waals surface area contributed by atoms with Crippen molar-refractivity contribution < 1.29 is 4.39 Å². The monoisotopic (exact) mass is 340 g/mol. The van der Waals surface area contributed by atoms with Crippen molar-refractivity contribution in [3.63, 3.8) is 0 Å². The fourth-order valence-electron chi connectivity index (χ4n) is 1.05. The molecule has 2 aromatic rings. The summed E-state index contributed by atoms with van der Waals surface area (Å²) in [5.41, 5.74) is 0.482. The van der Waals surface area contributed by atoms with E-state index in [0.717, 1.165) is 8.96 Å². The van der Waals surface area contributed by atoms with Crippen molar-refractivity contribution in [3.05, 3.63) is 27.7 Å². The number of benzene rings is 1. The van der Waals surface area contributed by atoms with Crippen LogP contribution in [0.3, 0.4) is 0 Å². The Balaban J connectivity index is 2.93. The first-order valence-electron chi connectivity index (χ1n) is 3.17. The predicted molar refractivity (Wildman–Crippen MR) is 56.7 cm³/mol. The molecule has 0 saturated heterocycles. The maximum atomic E-state index is 13.2. The average Bonchev–Trinajstić information content (AvgIpc) is 2.31. The highest BCUT2D eigenvalue weighted by molar-refractivity contribution is 14.1. The highest BCUT2D eigenvalue weighted by Crippen LogP contribution is 2.21. The third-order valence-corrected chi connectivity index (χ3v) is 2.70. The Morgan fingerprint density at radius 2 is 2.25 bits per heavy atom. The van der Waals surface area contributed by atoms with Crippen molar-refractivity contribution in [2.24, 2.45) is 0 Å². The van der Waals surface area contributed by atoms with Crippen LogP contribution >= 0.6 is 38.7 Å². The molecule has 1 aromatic carbocycles. The van der Waals surface area contributed by atoms with Gasteiger partial charge in [0.05, 0.1) is 22.3 Å². The lowest BCUT2D eigenvalue weighted by atomic mass is 10.2. The smallest absolute Gasteiger partial charge is 0.151 e. The number of hydrogen-bond acceptors (Lipinski definition) is 1. The van der Waals surface area contributed by atoms with Gasteiger partial charge in [0.1, 0.15) is 5.52 Å². The number of hydrogen-bond donors (Lipinski definition) is 0. The second-order valence-electron chi connectivity index (χ2n) is 2.33. The summed E-state index contributed by atoms with van der Waals surface area (Å²) < 4.78 is 15.5. The summed E-state index contributed by atoms with van der Waals surface area (Å²) in [5.74, 6) is -0.258. The summed E-state index contributed by atoms with van der Waals surface area (Å²) in [6.45, 7) is 0. The van der Waals surface area contributed by atoms with Crippen LogP contribution in [0.2, 0.25) is 0 Å². The minimum atomic E-state index is -0.258. The van der Waals surface area contributed by atoms with Crippen LogP contribution in [-0.2, 0) is 0 Å². The van der Waals surface area contributed by atoms with Crippen LogP contribution in [0.5, 0.6) is 0 Å². The lowest BCUT2D eigenvalue weighted by Gasteiger charge is -1.95. The van der Waals surface area contributed by atoms with E-state index in [9.17, 15) is 4.39 Å². The Kier molecular flexibility index (Phi) is 2.07. The molecule has 0 atom stereocenters. The number of fused-ring (bicyclic) bond motifs is 1. The number of halogens is 3. The Hall–Kier alpha value is -0.170. The van der Waals surface area contributed by atoms with Crippen LogP contribution in [0.4, 0.5) is 4.39 Å². The van der Waals surface area contributed by atoms with E-state index in [2.05, 4.69) is 43.8 Å². The van der Waals surface area contributed by atoms with Crippen molar-refractivity contribution in [2.45, 2.75) is 0 Å². The standard InChI is InChI=1S/C7H3BrFIN2/c8-12-7-4(3-11-12)1-5(10)2-6(7)9/h1-3H. The molecule has 0 saturated carbocycles. The van der Waals surface area contributed by atoms with Crippen molar-refractivity contribution in [2.75, 3.05) is 0 Å². The van der Waals surface area contributed by atoms with E-state index < -0.39 is 0 Å². The van der Waals surface area contributed by atoms with Crippen molar-refractivity contribution >= 4 is 49.6 Å². The summed E-state index contributed by atoms with van der Waals surface area (Å²) in [6, 6.07) is 3.35. The largest absolute Gasteiger partial charge is 0.205 e. The summed E-state index contributed by atoms with van der Waals surface area (Å²) in [7, 11) is 0. The first kappa shape index (κ1) is 8.43. The van der Waals surface area contributed by atoms with Gasteiger partial charge in [0.15, 0.2) is 5.82 Å². The summed E-state index contributed by atoms with van der Waals surface area (Å²) in [6.07, 6.45) is 1.62. The number of nitrogens with zero attached hydrogens (tertiary/aromatic N) is 2. The number of aromatic nitrogens is 2. The molecule has 0 fully saturated rings. The zero-order valence-corrected chi connectivity index (χ0v) is 9.50. The van der Waals surface area contributed by atoms with E-state index >= 15 is 0 Å². The van der Waals surface area contributed by atoms with Crippen LogP contribution in [0.25, 0.3) is 10.9 Å². The van der Waals surface area contributed by atoms with Gasteiger partial charge in [-0.05, 0) is 34.7 Å². The lowest BCUT2D eigenvalue weighted by molar-refractivity contribution is 0.634. The van der Waals surface area contributed by atoms with Crippen molar-refractivity contribution in [3.8, 4) is 0 Å². The van der Waals surface area contributed by atoms with Crippen LogP contribution in [-0.4, -0.2) is 8.81 Å². The molecule has 0 radical (unpaired) electrons. The van der Waals surface area contributed by atoms with Gasteiger partial charge in [-0.3, -0.25) is 0 Å². The van der Waals surface area contributed by atoms with E-state index in [0.29, 0.717) is 5.52 Å². The maximum Gasteiger partial charge on any atom is 0.151 e. The molecule has 0 aliphatic rings. The van der Waals surface area contributed by atoms with Gasteiger partial charge in [-0.15, -0.1) is 0 Å². The van der Waals surface area contributed by atoms with Crippen molar-refractivity contribution in [1.82, 2.24) is 8.81 Å². The second kappa shape index (κ2) is 2.95. The van der Waals surface area contributed by atoms with Crippen LogP contribution in [0.1, 0.15) is 0 Å². The zero-order valence-electron chi connectivity index (χ0n) is 5.76. The Bertz CT molecular complexity index is 440. The van der Waals surface area contributed by atoms with Crippen molar-refractivity contribution in [1.29, 1.82) is 0 Å². The Labute approximate surface area is 90.2 Å². The van der Waals surface area contributed by atoms with E-state index in [1.165, 1.54) is 9.77 Å². The van der Waals surface area contributed by atoms with E-state index in [4.69, 9.17) is 0 Å². The third-order valence-electron chi connectivity index (χ3n) is 1.54. The second-order valence-corrected chi connectivity index (χ2v) is 4.25. The topological polar surface area (TPSA) is 17.8 Å². The first-order chi connectivity index (χ1) is 5.68. The molecule has 0 aliphatic heterocycles. The molecule has 0 aliphatic carbocycles.